The number of hydrogen-bond acceptors (Lipinski definition) is 5. The van der Waals surface area contributed by atoms with Gasteiger partial charge in [0, 0.05) is 51.5 Å². The Morgan fingerprint density at radius 3 is 2.50 bits per heavy atom. The summed E-state index contributed by atoms with van der Waals surface area (Å²) in [7, 11) is 1.83. The summed E-state index contributed by atoms with van der Waals surface area (Å²) in [6, 6.07) is 10.8. The molecule has 3 rings (SSSR count). The number of piperidine rings is 1. The van der Waals surface area contributed by atoms with Crippen LogP contribution in [0.5, 0.6) is 0 Å². The van der Waals surface area contributed by atoms with Crippen LogP contribution < -0.4 is 10.6 Å². The average molecular weight is 559 g/mol. The molecule has 2 N–H and O–H groups in total. The zero-order valence-corrected chi connectivity index (χ0v) is 22.0. The van der Waals surface area contributed by atoms with Crippen LogP contribution >= 0.6 is 24.0 Å². The van der Waals surface area contributed by atoms with Crippen LogP contribution in [0, 0.1) is 5.92 Å². The van der Waals surface area contributed by atoms with Gasteiger partial charge in [-0.25, -0.2) is 0 Å². The summed E-state index contributed by atoms with van der Waals surface area (Å²) in [4.78, 5) is 18.8. The molecule has 0 spiro atoms. The molecule has 1 unspecified atom stereocenters. The summed E-state index contributed by atoms with van der Waals surface area (Å²) >= 11 is 0. The molecular weight excluding hydrogens is 519 g/mol. The molecule has 0 bridgehead atoms. The largest absolute Gasteiger partial charge is 0.466 e. The van der Waals surface area contributed by atoms with Crippen molar-refractivity contribution < 1.29 is 14.3 Å². The van der Waals surface area contributed by atoms with Gasteiger partial charge in [0.25, 0.3) is 0 Å². The maximum absolute atomic E-state index is 12.0. The highest BCUT2D eigenvalue weighted by Crippen LogP contribution is 2.25. The minimum absolute atomic E-state index is 0. The third-order valence-electron chi connectivity index (χ3n) is 6.48. The average Bonchev–Trinajstić information content (AvgIpc) is 2.81. The van der Waals surface area contributed by atoms with E-state index in [4.69, 9.17) is 9.47 Å². The van der Waals surface area contributed by atoms with Crippen LogP contribution in [-0.4, -0.2) is 68.9 Å². The first-order valence-electron chi connectivity index (χ1n) is 11.6. The standard InChI is InChI=1S/C24H38N4O3.HI/c1-4-31-22(29)21-10-14-28(15-11-21)23(25-3)26-18-24(12-16-30-17-13-24)27-19(2)20-8-6-5-7-9-20;/h5-9,19,21,27H,4,10-18H2,1-3H3,(H,25,26);1H. The van der Waals surface area contributed by atoms with Crippen molar-refractivity contribution in [2.24, 2.45) is 10.9 Å². The Morgan fingerprint density at radius 1 is 1.25 bits per heavy atom. The maximum Gasteiger partial charge on any atom is 0.309 e. The SMILES string of the molecule is CCOC(=O)C1CCN(C(=NC)NCC2(NC(C)c3ccccc3)CCOCC2)CC1.I. The van der Waals surface area contributed by atoms with Gasteiger partial charge >= 0.3 is 5.97 Å². The minimum atomic E-state index is -0.0645. The molecule has 2 aliphatic heterocycles. The second-order valence-corrected chi connectivity index (χ2v) is 8.58. The Kier molecular flexibility index (Phi) is 11.2. The predicted octanol–water partition coefficient (Wildman–Crippen LogP) is 3.35. The summed E-state index contributed by atoms with van der Waals surface area (Å²) in [5.74, 6) is 0.845. The van der Waals surface area contributed by atoms with Gasteiger partial charge in [-0.3, -0.25) is 9.79 Å². The number of aliphatic imine (C=N–C) groups is 1. The van der Waals surface area contributed by atoms with Crippen LogP contribution in [0.2, 0.25) is 0 Å². The van der Waals surface area contributed by atoms with Crippen molar-refractivity contribution in [3.05, 3.63) is 35.9 Å². The molecule has 1 aromatic rings. The fourth-order valence-electron chi connectivity index (χ4n) is 4.59. The van der Waals surface area contributed by atoms with Crippen molar-refractivity contribution in [2.75, 3.05) is 46.5 Å². The number of ether oxygens (including phenoxy) is 2. The molecule has 0 aliphatic carbocycles. The summed E-state index contributed by atoms with van der Waals surface area (Å²) in [6.45, 7) is 8.47. The van der Waals surface area contributed by atoms with Crippen molar-refractivity contribution in [2.45, 2.75) is 51.1 Å². The zero-order chi connectivity index (χ0) is 22.1. The van der Waals surface area contributed by atoms with E-state index < -0.39 is 0 Å². The van der Waals surface area contributed by atoms with E-state index >= 15 is 0 Å². The Morgan fingerprint density at radius 2 is 1.91 bits per heavy atom. The van der Waals surface area contributed by atoms with Crippen LogP contribution in [-0.2, 0) is 14.3 Å². The Hall–Kier alpha value is -1.39. The molecule has 0 saturated carbocycles. The smallest absolute Gasteiger partial charge is 0.309 e. The van der Waals surface area contributed by atoms with Crippen LogP contribution in [0.4, 0.5) is 0 Å². The summed E-state index contributed by atoms with van der Waals surface area (Å²) in [5, 5.41) is 7.51. The molecule has 2 aliphatic rings. The van der Waals surface area contributed by atoms with Crippen molar-refractivity contribution in [3.63, 3.8) is 0 Å². The normalized spacial score (nSPS) is 20.2. The number of benzene rings is 1. The molecule has 1 atom stereocenters. The van der Waals surface area contributed by atoms with E-state index in [-0.39, 0.29) is 47.4 Å². The molecule has 180 valence electrons. The first kappa shape index (κ1) is 26.9. The molecule has 32 heavy (non-hydrogen) atoms. The van der Waals surface area contributed by atoms with Gasteiger partial charge in [0.1, 0.15) is 0 Å². The van der Waals surface area contributed by atoms with Crippen molar-refractivity contribution in [3.8, 4) is 0 Å². The van der Waals surface area contributed by atoms with Gasteiger partial charge in [-0.15, -0.1) is 24.0 Å². The molecule has 2 fully saturated rings. The topological polar surface area (TPSA) is 75.2 Å². The molecule has 0 radical (unpaired) electrons. The number of halogens is 1. The highest BCUT2D eigenvalue weighted by atomic mass is 127. The van der Waals surface area contributed by atoms with Gasteiger partial charge in [-0.2, -0.15) is 0 Å². The number of nitrogens with zero attached hydrogens (tertiary/aromatic N) is 2. The van der Waals surface area contributed by atoms with Crippen molar-refractivity contribution >= 4 is 35.9 Å². The monoisotopic (exact) mass is 558 g/mol. The van der Waals surface area contributed by atoms with E-state index in [1.807, 2.05) is 14.0 Å². The number of carbonyl (C=O) groups excluding carboxylic acids is 1. The highest BCUT2D eigenvalue weighted by Gasteiger charge is 2.35. The second kappa shape index (κ2) is 13.3. The molecular formula is C24H39IN4O3. The second-order valence-electron chi connectivity index (χ2n) is 8.58. The molecule has 2 heterocycles. The third-order valence-corrected chi connectivity index (χ3v) is 6.48. The number of nitrogens with one attached hydrogen (secondary N) is 2. The lowest BCUT2D eigenvalue weighted by molar-refractivity contribution is -0.149. The lowest BCUT2D eigenvalue weighted by atomic mass is 9.88. The van der Waals surface area contributed by atoms with Gasteiger partial charge < -0.3 is 25.0 Å². The third kappa shape index (κ3) is 7.31. The van der Waals surface area contributed by atoms with Gasteiger partial charge in [-0.05, 0) is 45.1 Å². The predicted molar refractivity (Wildman–Crippen MR) is 138 cm³/mol. The summed E-state index contributed by atoms with van der Waals surface area (Å²) in [5.41, 5.74) is 1.24. The van der Waals surface area contributed by atoms with Crippen molar-refractivity contribution in [1.29, 1.82) is 0 Å². The Balaban J connectivity index is 0.00000363. The number of likely N-dealkylation sites (tertiary alicyclic amines) is 1. The van der Waals surface area contributed by atoms with E-state index in [0.717, 1.165) is 64.5 Å². The first-order valence-corrected chi connectivity index (χ1v) is 11.6. The van der Waals surface area contributed by atoms with Gasteiger partial charge in [-0.1, -0.05) is 30.3 Å². The molecule has 1 aromatic carbocycles. The highest BCUT2D eigenvalue weighted by molar-refractivity contribution is 14.0. The number of guanidine groups is 1. The number of carbonyl (C=O) groups is 1. The van der Waals surface area contributed by atoms with E-state index in [1.54, 1.807) is 0 Å². The fourth-order valence-corrected chi connectivity index (χ4v) is 4.59. The fraction of sp³-hybridized carbons (Fsp3) is 0.667. The minimum Gasteiger partial charge on any atom is -0.466 e. The molecule has 7 nitrogen and oxygen atoms in total. The van der Waals surface area contributed by atoms with E-state index in [9.17, 15) is 4.79 Å². The van der Waals surface area contributed by atoms with E-state index in [0.29, 0.717) is 6.61 Å². The maximum atomic E-state index is 12.0. The number of rotatable bonds is 7. The Labute approximate surface area is 209 Å². The van der Waals surface area contributed by atoms with Crippen molar-refractivity contribution in [1.82, 2.24) is 15.5 Å². The summed E-state index contributed by atoms with van der Waals surface area (Å²) < 4.78 is 10.9. The quantitative estimate of drug-likeness (QED) is 0.232. The molecule has 0 aromatic heterocycles. The van der Waals surface area contributed by atoms with E-state index in [2.05, 4.69) is 57.8 Å². The molecule has 8 heteroatoms. The lowest BCUT2D eigenvalue weighted by Crippen LogP contribution is -2.59. The lowest BCUT2D eigenvalue weighted by Gasteiger charge is -2.42. The first-order chi connectivity index (χ1) is 15.1. The van der Waals surface area contributed by atoms with Crippen LogP contribution in [0.1, 0.15) is 51.1 Å². The van der Waals surface area contributed by atoms with E-state index in [1.165, 1.54) is 5.56 Å². The number of esters is 1. The van der Waals surface area contributed by atoms with Crippen LogP contribution in [0.3, 0.4) is 0 Å². The zero-order valence-electron chi connectivity index (χ0n) is 19.6. The van der Waals surface area contributed by atoms with Gasteiger partial charge in [0.2, 0.25) is 0 Å². The molecule has 2 saturated heterocycles. The summed E-state index contributed by atoms with van der Waals surface area (Å²) in [6.07, 6.45) is 3.53. The van der Waals surface area contributed by atoms with Crippen LogP contribution in [0.25, 0.3) is 0 Å². The van der Waals surface area contributed by atoms with Gasteiger partial charge in [0.15, 0.2) is 5.96 Å². The Bertz CT molecular complexity index is 717. The van der Waals surface area contributed by atoms with Gasteiger partial charge in [0.05, 0.1) is 12.5 Å². The van der Waals surface area contributed by atoms with Crippen LogP contribution in [0.15, 0.2) is 35.3 Å². The molecule has 0 amide bonds. The number of hydrogen-bond donors (Lipinski definition) is 2.